The quantitative estimate of drug-likeness (QED) is 0.128. The first-order valence-corrected chi connectivity index (χ1v) is 19.1. The second-order valence-corrected chi connectivity index (χ2v) is 14.8. The largest absolute Gasteiger partial charge is 0.455 e. The van der Waals surface area contributed by atoms with Crippen LogP contribution in [0.2, 0.25) is 0 Å². The molecule has 3 aromatic carbocycles. The average Bonchev–Trinajstić information content (AvgIpc) is 3.98. The molecule has 4 heterocycles. The molecule has 3 amide bonds. The number of fused-ring (bicyclic) bond motifs is 2. The molecule has 1 N–H and O–H groups in total. The van der Waals surface area contributed by atoms with Crippen LogP contribution in [0, 0.1) is 11.8 Å². The first kappa shape index (κ1) is 38.6. The van der Waals surface area contributed by atoms with E-state index >= 15 is 9.59 Å². The lowest BCUT2D eigenvalue weighted by atomic mass is 9.70. The molecule has 7 rings (SSSR count). The van der Waals surface area contributed by atoms with E-state index in [9.17, 15) is 14.7 Å². The fourth-order valence-corrected chi connectivity index (χ4v) is 8.86. The van der Waals surface area contributed by atoms with Crippen molar-refractivity contribution in [2.45, 2.75) is 75.2 Å². The highest BCUT2D eigenvalue weighted by Gasteiger charge is 2.76. The molecule has 3 saturated heterocycles. The summed E-state index contributed by atoms with van der Waals surface area (Å²) in [5.41, 5.74) is 1.31. The zero-order chi connectivity index (χ0) is 39.6. The van der Waals surface area contributed by atoms with Crippen LogP contribution in [0.5, 0.6) is 0 Å². The van der Waals surface area contributed by atoms with E-state index in [1.54, 1.807) is 57.9 Å². The van der Waals surface area contributed by atoms with E-state index < -0.39 is 72.2 Å². The van der Waals surface area contributed by atoms with Crippen LogP contribution in [0.3, 0.4) is 0 Å². The highest BCUT2D eigenvalue weighted by Crippen LogP contribution is 2.60. The Labute approximate surface area is 326 Å². The van der Waals surface area contributed by atoms with Gasteiger partial charge in [0.15, 0.2) is 0 Å². The number of ether oxygens (including phenoxy) is 2. The van der Waals surface area contributed by atoms with Gasteiger partial charge in [-0.2, -0.15) is 0 Å². The van der Waals surface area contributed by atoms with Crippen molar-refractivity contribution < 1.29 is 33.8 Å². The fourth-order valence-electron chi connectivity index (χ4n) is 8.86. The number of hydrogen-bond acceptors (Lipinski definition) is 9. The maximum Gasteiger partial charge on any atom is 0.313 e. The summed E-state index contributed by atoms with van der Waals surface area (Å²) < 4.78 is 14.8. The van der Waals surface area contributed by atoms with Crippen molar-refractivity contribution in [3.05, 3.63) is 121 Å². The monoisotopic (exact) mass is 760 g/mol. The van der Waals surface area contributed by atoms with Gasteiger partial charge in [0.25, 0.3) is 0 Å². The lowest BCUT2D eigenvalue weighted by molar-refractivity contribution is -0.165. The average molecular weight is 761 g/mol. The minimum atomic E-state index is -1.39. The standard InChI is InChI=1S/C43H48N6O7/c1-5-7-22-35(51)46(4)28(3)38(30-18-12-9-13-19-30)55-42(54)36-34-23-24-43(56-34)37(36)40(52)49(33(26-50)29-16-10-8-11-17-29)39(43)41(53)47(25-6-2)27-48-32-21-15-14-20-31(32)44-45-48/h5-6,8-21,28,33-34,36-39,50H,1-2,7,22-27H2,3-4H3/t28-,33+,34+,36-,37-,38+,39+,43-/m0/s1. The number of esters is 1. The molecule has 4 aromatic rings. The smallest absolute Gasteiger partial charge is 0.313 e. The summed E-state index contributed by atoms with van der Waals surface area (Å²) >= 11 is 0. The second-order valence-electron chi connectivity index (χ2n) is 14.8. The molecule has 292 valence electrons. The molecule has 0 saturated carbocycles. The lowest BCUT2D eigenvalue weighted by Gasteiger charge is -2.39. The number of aliphatic hydroxyl groups is 1. The van der Waals surface area contributed by atoms with Gasteiger partial charge < -0.3 is 29.3 Å². The lowest BCUT2D eigenvalue weighted by Crippen LogP contribution is -2.57. The molecule has 0 radical (unpaired) electrons. The van der Waals surface area contributed by atoms with Gasteiger partial charge in [-0.25, -0.2) is 4.68 Å². The Morgan fingerprint density at radius 1 is 1.02 bits per heavy atom. The molecule has 3 aliphatic heterocycles. The number of nitrogens with zero attached hydrogens (tertiary/aromatic N) is 6. The molecule has 2 bridgehead atoms. The molecule has 3 aliphatic rings. The number of amides is 3. The third-order valence-electron chi connectivity index (χ3n) is 11.7. The van der Waals surface area contributed by atoms with Gasteiger partial charge in [-0.1, -0.05) is 90.2 Å². The Bertz CT molecular complexity index is 2090. The van der Waals surface area contributed by atoms with Gasteiger partial charge in [0.2, 0.25) is 17.7 Å². The molecule has 1 aromatic heterocycles. The predicted octanol–water partition coefficient (Wildman–Crippen LogP) is 4.61. The van der Waals surface area contributed by atoms with Crippen LogP contribution in [0.25, 0.3) is 11.0 Å². The first-order chi connectivity index (χ1) is 27.1. The van der Waals surface area contributed by atoms with Crippen LogP contribution in [0.1, 0.15) is 55.9 Å². The number of benzene rings is 3. The van der Waals surface area contributed by atoms with Crippen LogP contribution in [-0.2, 0) is 35.3 Å². The van der Waals surface area contributed by atoms with E-state index in [2.05, 4.69) is 23.5 Å². The number of likely N-dealkylation sites (tertiary alicyclic amines) is 1. The normalized spacial score (nSPS) is 24.0. The Kier molecular flexibility index (Phi) is 11.2. The van der Waals surface area contributed by atoms with E-state index in [1.807, 2.05) is 67.6 Å². The summed E-state index contributed by atoms with van der Waals surface area (Å²) in [6, 6.07) is 23.0. The van der Waals surface area contributed by atoms with Crippen LogP contribution in [0.15, 0.2) is 110 Å². The zero-order valence-corrected chi connectivity index (χ0v) is 31.7. The highest BCUT2D eigenvalue weighted by atomic mass is 16.6. The summed E-state index contributed by atoms with van der Waals surface area (Å²) in [6.07, 6.45) is 3.24. The van der Waals surface area contributed by atoms with E-state index in [0.29, 0.717) is 35.9 Å². The number of aromatic nitrogens is 3. The van der Waals surface area contributed by atoms with Gasteiger partial charge in [0.05, 0.1) is 42.1 Å². The molecule has 13 heteroatoms. The summed E-state index contributed by atoms with van der Waals surface area (Å²) in [7, 11) is 1.68. The van der Waals surface area contributed by atoms with E-state index in [1.165, 1.54) is 4.90 Å². The number of likely N-dealkylation sites (N-methyl/N-ethyl adjacent to an activating group) is 1. The van der Waals surface area contributed by atoms with Gasteiger partial charge in [-0.05, 0) is 49.4 Å². The fraction of sp³-hybridized carbons (Fsp3) is 0.395. The summed E-state index contributed by atoms with van der Waals surface area (Å²) in [5.74, 6) is -3.79. The Morgan fingerprint density at radius 3 is 2.38 bits per heavy atom. The van der Waals surface area contributed by atoms with Crippen molar-refractivity contribution in [1.29, 1.82) is 0 Å². The molecule has 8 atom stereocenters. The maximum absolute atomic E-state index is 15.2. The van der Waals surface area contributed by atoms with Gasteiger partial charge in [-0.3, -0.25) is 19.2 Å². The molecule has 3 fully saturated rings. The zero-order valence-electron chi connectivity index (χ0n) is 31.7. The number of carbonyl (C=O) groups is 4. The third kappa shape index (κ3) is 6.79. The van der Waals surface area contributed by atoms with Crippen molar-refractivity contribution >= 4 is 34.7 Å². The Balaban J connectivity index is 1.26. The molecule has 56 heavy (non-hydrogen) atoms. The van der Waals surface area contributed by atoms with Crippen molar-refractivity contribution in [1.82, 2.24) is 29.7 Å². The number of para-hydroxylation sites is 1. The Morgan fingerprint density at radius 2 is 1.70 bits per heavy atom. The van der Waals surface area contributed by atoms with Crippen LogP contribution in [0.4, 0.5) is 0 Å². The summed E-state index contributed by atoms with van der Waals surface area (Å²) in [5, 5.41) is 19.5. The van der Waals surface area contributed by atoms with Crippen LogP contribution >= 0.6 is 0 Å². The van der Waals surface area contributed by atoms with Crippen LogP contribution in [-0.4, -0.2) is 102 Å². The number of allylic oxidation sites excluding steroid dienone is 1. The molecule has 13 nitrogen and oxygen atoms in total. The predicted molar refractivity (Wildman–Crippen MR) is 207 cm³/mol. The van der Waals surface area contributed by atoms with Crippen molar-refractivity contribution in [2.75, 3.05) is 20.2 Å². The van der Waals surface area contributed by atoms with Gasteiger partial charge in [-0.15, -0.1) is 18.3 Å². The topological polar surface area (TPSA) is 147 Å². The SMILES string of the molecule is C=CCCC(=O)N(C)[C@@H](C)[C@@H](OC(=O)[C@@H]1[C@H]2C(=O)N([C@H](CO)c3ccccc3)[C@H](C(=O)N(CC=C)Cn3nnc4ccccc43)[C@]23CC[C@H]1O3)c1ccccc1. The molecule has 1 spiro atoms. The van der Waals surface area contributed by atoms with Gasteiger partial charge in [0.1, 0.15) is 29.9 Å². The first-order valence-electron chi connectivity index (χ1n) is 19.1. The highest BCUT2D eigenvalue weighted by molar-refractivity contribution is 5.98. The summed E-state index contributed by atoms with van der Waals surface area (Å²) in [4.78, 5) is 62.6. The number of hydrogen-bond donors (Lipinski definition) is 1. The number of aliphatic hydroxyl groups excluding tert-OH is 1. The van der Waals surface area contributed by atoms with E-state index in [4.69, 9.17) is 9.47 Å². The molecule has 0 unspecified atom stereocenters. The molecular weight excluding hydrogens is 713 g/mol. The molecule has 0 aliphatic carbocycles. The maximum atomic E-state index is 15.2. The molecular formula is C43H48N6O7. The second kappa shape index (κ2) is 16.2. The van der Waals surface area contributed by atoms with Gasteiger partial charge >= 0.3 is 5.97 Å². The number of rotatable bonds is 16. The third-order valence-corrected chi connectivity index (χ3v) is 11.7. The summed E-state index contributed by atoms with van der Waals surface area (Å²) in [6.45, 7) is 9.10. The van der Waals surface area contributed by atoms with Crippen molar-refractivity contribution in [2.24, 2.45) is 11.8 Å². The van der Waals surface area contributed by atoms with Crippen molar-refractivity contribution in [3.8, 4) is 0 Å². The van der Waals surface area contributed by atoms with E-state index in [0.717, 1.165) is 5.52 Å². The minimum Gasteiger partial charge on any atom is -0.455 e. The number of carbonyl (C=O) groups excluding carboxylic acids is 4. The van der Waals surface area contributed by atoms with E-state index in [-0.39, 0.29) is 25.5 Å². The van der Waals surface area contributed by atoms with Gasteiger partial charge in [0, 0.05) is 20.0 Å². The minimum absolute atomic E-state index is 0.00432. The Hall–Kier alpha value is -5.66. The van der Waals surface area contributed by atoms with Crippen molar-refractivity contribution in [3.63, 3.8) is 0 Å². The van der Waals surface area contributed by atoms with Crippen LogP contribution < -0.4 is 0 Å².